The minimum atomic E-state index is 0.763. The topological polar surface area (TPSA) is 18.5 Å². The highest BCUT2D eigenvalue weighted by Gasteiger charge is 2.14. The van der Waals surface area contributed by atoms with Gasteiger partial charge in [0.25, 0.3) is 0 Å². The van der Waals surface area contributed by atoms with Crippen LogP contribution in [0, 0.1) is 13.8 Å². The van der Waals surface area contributed by atoms with Gasteiger partial charge in [0, 0.05) is 5.56 Å². The summed E-state index contributed by atoms with van der Waals surface area (Å²) in [6.07, 6.45) is 5.30. The van der Waals surface area contributed by atoms with E-state index in [0.29, 0.717) is 0 Å². The first-order valence-electron chi connectivity index (χ1n) is 9.47. The minimum Gasteiger partial charge on any atom is -0.457 e. The molecule has 0 N–H and O–H groups in total. The Labute approximate surface area is 167 Å². The van der Waals surface area contributed by atoms with Crippen molar-refractivity contribution in [2.24, 2.45) is 0 Å². The highest BCUT2D eigenvalue weighted by molar-refractivity contribution is 5.53. The Morgan fingerprint density at radius 2 is 1.21 bits per heavy atom. The molecule has 0 fully saturated rings. The van der Waals surface area contributed by atoms with Gasteiger partial charge < -0.3 is 9.47 Å². The lowest BCUT2D eigenvalue weighted by Crippen LogP contribution is -1.98. The monoisotopic (exact) mass is 370 g/mol. The summed E-state index contributed by atoms with van der Waals surface area (Å²) >= 11 is 0. The zero-order valence-corrected chi connectivity index (χ0v) is 16.6. The lowest BCUT2D eigenvalue weighted by atomic mass is 10.1. The van der Waals surface area contributed by atoms with Crippen LogP contribution in [0.2, 0.25) is 0 Å². The number of allylic oxidation sites excluding steroid dienone is 2. The molecule has 0 amide bonds. The van der Waals surface area contributed by atoms with E-state index in [2.05, 4.69) is 25.3 Å². The van der Waals surface area contributed by atoms with Gasteiger partial charge in [-0.25, -0.2) is 0 Å². The zero-order chi connectivity index (χ0) is 19.9. The number of aryl methyl sites for hydroxylation is 1. The highest BCUT2D eigenvalue weighted by atomic mass is 16.5. The second kappa shape index (κ2) is 9.09. The van der Waals surface area contributed by atoms with Crippen LogP contribution in [0.5, 0.6) is 23.0 Å². The Morgan fingerprint density at radius 3 is 1.79 bits per heavy atom. The molecule has 3 aromatic rings. The molecule has 0 saturated carbocycles. The maximum atomic E-state index is 6.34. The van der Waals surface area contributed by atoms with Gasteiger partial charge in [-0.1, -0.05) is 54.6 Å². The van der Waals surface area contributed by atoms with Crippen LogP contribution in [0.3, 0.4) is 0 Å². The summed E-state index contributed by atoms with van der Waals surface area (Å²) in [6, 6.07) is 20.1. The van der Waals surface area contributed by atoms with Gasteiger partial charge in [-0.2, -0.15) is 0 Å². The van der Waals surface area contributed by atoms with E-state index in [1.807, 2.05) is 74.5 Å². The van der Waals surface area contributed by atoms with Gasteiger partial charge in [0.2, 0.25) is 0 Å². The van der Waals surface area contributed by atoms with Crippen LogP contribution in [0.15, 0.2) is 86.0 Å². The summed E-state index contributed by atoms with van der Waals surface area (Å²) in [5.41, 5.74) is 4.26. The Hall–Kier alpha value is -3.26. The van der Waals surface area contributed by atoms with Gasteiger partial charge in [-0.15, -0.1) is 13.2 Å². The minimum absolute atomic E-state index is 0.763. The van der Waals surface area contributed by atoms with Crippen molar-refractivity contribution < 1.29 is 9.47 Å². The predicted octanol–water partition coefficient (Wildman–Crippen LogP) is 7.35. The van der Waals surface area contributed by atoms with Gasteiger partial charge in [0.05, 0.1) is 0 Å². The number of hydrogen-bond donors (Lipinski definition) is 0. The van der Waals surface area contributed by atoms with Crippen molar-refractivity contribution in [1.29, 1.82) is 0 Å². The first-order chi connectivity index (χ1) is 13.6. The maximum Gasteiger partial charge on any atom is 0.136 e. The van der Waals surface area contributed by atoms with Crippen molar-refractivity contribution in [3.63, 3.8) is 0 Å². The fourth-order valence-electron chi connectivity index (χ4n) is 3.16. The lowest BCUT2D eigenvalue weighted by molar-refractivity contribution is 0.447. The molecule has 142 valence electrons. The lowest BCUT2D eigenvalue weighted by Gasteiger charge is -2.18. The molecule has 0 bridgehead atoms. The maximum absolute atomic E-state index is 6.34. The molecule has 2 heteroatoms. The number of hydrogen-bond acceptors (Lipinski definition) is 2. The van der Waals surface area contributed by atoms with Crippen molar-refractivity contribution in [3.05, 3.63) is 108 Å². The van der Waals surface area contributed by atoms with Crippen LogP contribution in [-0.2, 0) is 12.8 Å². The third-order valence-electron chi connectivity index (χ3n) is 4.66. The first kappa shape index (κ1) is 19.5. The zero-order valence-electron chi connectivity index (χ0n) is 16.6. The molecule has 3 aromatic carbocycles. The molecule has 0 aliphatic rings. The Kier molecular flexibility index (Phi) is 6.33. The van der Waals surface area contributed by atoms with Crippen molar-refractivity contribution in [1.82, 2.24) is 0 Å². The molecule has 0 spiro atoms. The standard InChI is InChI=1S/C26H26O2/c1-5-11-21-13-7-9-15-24(21)27-23-18-17-19(3)26(20(23)4)28-25-16-10-8-14-22(25)12-6-2/h5-10,13-18H,1-2,11-12H2,3-4H3. The van der Waals surface area contributed by atoms with E-state index in [-0.39, 0.29) is 0 Å². The van der Waals surface area contributed by atoms with Crippen LogP contribution >= 0.6 is 0 Å². The molecule has 0 aliphatic carbocycles. The van der Waals surface area contributed by atoms with Gasteiger partial charge in [0.1, 0.15) is 23.0 Å². The highest BCUT2D eigenvalue weighted by Crippen LogP contribution is 2.38. The van der Waals surface area contributed by atoms with Gasteiger partial charge in [0.15, 0.2) is 0 Å². The van der Waals surface area contributed by atoms with Gasteiger partial charge >= 0.3 is 0 Å². The van der Waals surface area contributed by atoms with Crippen LogP contribution in [0.4, 0.5) is 0 Å². The average molecular weight is 370 g/mol. The smallest absolute Gasteiger partial charge is 0.136 e. The van der Waals surface area contributed by atoms with E-state index in [0.717, 1.165) is 58.1 Å². The normalized spacial score (nSPS) is 10.4. The molecule has 0 saturated heterocycles. The Balaban J connectivity index is 1.95. The molecule has 3 rings (SSSR count). The molecule has 0 atom stereocenters. The summed E-state index contributed by atoms with van der Waals surface area (Å²) in [7, 11) is 0. The van der Waals surface area contributed by atoms with Crippen LogP contribution in [0.1, 0.15) is 22.3 Å². The number of ether oxygens (including phenoxy) is 2. The predicted molar refractivity (Wildman–Crippen MR) is 117 cm³/mol. The van der Waals surface area contributed by atoms with Crippen molar-refractivity contribution in [2.75, 3.05) is 0 Å². The van der Waals surface area contributed by atoms with E-state index >= 15 is 0 Å². The summed E-state index contributed by atoms with van der Waals surface area (Å²) in [4.78, 5) is 0. The number of rotatable bonds is 8. The second-order valence-electron chi connectivity index (χ2n) is 6.74. The summed E-state index contributed by atoms with van der Waals surface area (Å²) in [5.74, 6) is 3.30. The second-order valence-corrected chi connectivity index (χ2v) is 6.74. The van der Waals surface area contributed by atoms with Crippen molar-refractivity contribution in [2.45, 2.75) is 26.7 Å². The quantitative estimate of drug-likeness (QED) is 0.386. The average Bonchev–Trinajstić information content (AvgIpc) is 2.70. The molecule has 28 heavy (non-hydrogen) atoms. The van der Waals surface area contributed by atoms with E-state index < -0.39 is 0 Å². The number of para-hydroxylation sites is 2. The molecule has 2 nitrogen and oxygen atoms in total. The fourth-order valence-corrected chi connectivity index (χ4v) is 3.16. The molecule has 0 unspecified atom stereocenters. The number of benzene rings is 3. The fraction of sp³-hybridized carbons (Fsp3) is 0.154. The first-order valence-corrected chi connectivity index (χ1v) is 9.47. The van der Waals surface area contributed by atoms with Gasteiger partial charge in [-0.05, 0) is 61.6 Å². The van der Waals surface area contributed by atoms with Crippen LogP contribution in [0.25, 0.3) is 0 Å². The Bertz CT molecular complexity index is 985. The van der Waals surface area contributed by atoms with E-state index in [1.165, 1.54) is 0 Å². The van der Waals surface area contributed by atoms with Crippen LogP contribution < -0.4 is 9.47 Å². The van der Waals surface area contributed by atoms with E-state index in [1.54, 1.807) is 0 Å². The summed E-state index contributed by atoms with van der Waals surface area (Å²) < 4.78 is 12.6. The third-order valence-corrected chi connectivity index (χ3v) is 4.66. The molecule has 0 radical (unpaired) electrons. The summed E-state index contributed by atoms with van der Waals surface area (Å²) in [5, 5.41) is 0. The molecule has 0 aliphatic heterocycles. The van der Waals surface area contributed by atoms with Crippen molar-refractivity contribution in [3.8, 4) is 23.0 Å². The molecule has 0 aromatic heterocycles. The van der Waals surface area contributed by atoms with E-state index in [4.69, 9.17) is 9.47 Å². The molecule has 0 heterocycles. The summed E-state index contributed by atoms with van der Waals surface area (Å²) in [6.45, 7) is 11.8. The molecular formula is C26H26O2. The van der Waals surface area contributed by atoms with Crippen LogP contribution in [-0.4, -0.2) is 0 Å². The van der Waals surface area contributed by atoms with Crippen molar-refractivity contribution >= 4 is 0 Å². The SMILES string of the molecule is C=CCc1ccccc1Oc1ccc(C)c(Oc2ccccc2CC=C)c1C. The Morgan fingerprint density at radius 1 is 0.679 bits per heavy atom. The largest absolute Gasteiger partial charge is 0.457 e. The van der Waals surface area contributed by atoms with E-state index in [9.17, 15) is 0 Å². The third kappa shape index (κ3) is 4.34. The molecular weight excluding hydrogens is 344 g/mol. The van der Waals surface area contributed by atoms with Gasteiger partial charge in [-0.3, -0.25) is 0 Å².